The van der Waals surface area contributed by atoms with Gasteiger partial charge in [0.15, 0.2) is 5.75 Å². The highest BCUT2D eigenvalue weighted by molar-refractivity contribution is 5.99. The first kappa shape index (κ1) is 23.9. The summed E-state index contributed by atoms with van der Waals surface area (Å²) >= 11 is 0. The average molecular weight is 504 g/mol. The fraction of sp³-hybridized carbons (Fsp3) is 0.464. The number of benzene rings is 1. The lowest BCUT2D eigenvalue weighted by atomic mass is 9.81. The predicted octanol–water partition coefficient (Wildman–Crippen LogP) is 3.60. The number of fused-ring (bicyclic) bond motifs is 2. The zero-order chi connectivity index (χ0) is 25.7. The molecule has 4 heterocycles. The number of carbonyl (C=O) groups excluding carboxylic acids is 2. The van der Waals surface area contributed by atoms with Crippen molar-refractivity contribution in [3.63, 3.8) is 0 Å². The van der Waals surface area contributed by atoms with E-state index in [0.29, 0.717) is 48.8 Å². The summed E-state index contributed by atoms with van der Waals surface area (Å²) in [6, 6.07) is 8.47. The number of carbonyl (C=O) groups is 2. The summed E-state index contributed by atoms with van der Waals surface area (Å²) in [7, 11) is 2.01. The molecule has 5 aliphatic rings. The molecule has 0 atom stereocenters. The van der Waals surface area contributed by atoms with Crippen molar-refractivity contribution in [3.05, 3.63) is 53.3 Å². The van der Waals surface area contributed by atoms with E-state index in [1.54, 1.807) is 27.9 Å². The van der Waals surface area contributed by atoms with E-state index in [9.17, 15) is 14.7 Å². The Balaban J connectivity index is 0.000000453. The van der Waals surface area contributed by atoms with Crippen LogP contribution in [0.25, 0.3) is 5.52 Å². The molecular weight excluding hydrogens is 470 g/mol. The van der Waals surface area contributed by atoms with Gasteiger partial charge in [-0.2, -0.15) is 5.10 Å². The number of anilines is 1. The van der Waals surface area contributed by atoms with Crippen molar-refractivity contribution >= 4 is 23.5 Å². The van der Waals surface area contributed by atoms with Crippen molar-refractivity contribution in [2.75, 3.05) is 18.9 Å². The third-order valence-electron chi connectivity index (χ3n) is 7.99. The van der Waals surface area contributed by atoms with E-state index in [0.717, 1.165) is 41.2 Å². The average Bonchev–Trinajstić information content (AvgIpc) is 3.80. The molecule has 1 aromatic carbocycles. The van der Waals surface area contributed by atoms with Crippen molar-refractivity contribution in [2.45, 2.75) is 69.1 Å². The minimum absolute atomic E-state index is 0.0716. The Hall–Kier alpha value is -3.43. The first-order valence-electron chi connectivity index (χ1n) is 13.1. The predicted molar refractivity (Wildman–Crippen MR) is 139 cm³/mol. The zero-order valence-electron chi connectivity index (χ0n) is 21.2. The summed E-state index contributed by atoms with van der Waals surface area (Å²) in [5, 5.41) is 20.6. The maximum absolute atomic E-state index is 13.2. The van der Waals surface area contributed by atoms with Crippen LogP contribution in [0.1, 0.15) is 65.9 Å². The van der Waals surface area contributed by atoms with Crippen LogP contribution in [-0.2, 0) is 4.79 Å². The number of hydrogen-bond donors (Lipinski definition) is 3. The lowest BCUT2D eigenvalue weighted by Gasteiger charge is -2.31. The molecule has 0 spiro atoms. The molecule has 2 aromatic heterocycles. The molecule has 0 radical (unpaired) electrons. The molecular formula is C28H33N5O4. The number of aryl methyl sites for hydroxylation is 1. The summed E-state index contributed by atoms with van der Waals surface area (Å²) in [5.74, 6) is 1.66. The highest BCUT2D eigenvalue weighted by Gasteiger charge is 2.56. The first-order chi connectivity index (χ1) is 17.9. The largest absolute Gasteiger partial charge is 0.455 e. The summed E-state index contributed by atoms with van der Waals surface area (Å²) in [5.41, 5.74) is 3.30. The van der Waals surface area contributed by atoms with Crippen LogP contribution in [-0.4, -0.2) is 63.2 Å². The van der Waals surface area contributed by atoms with Crippen LogP contribution >= 0.6 is 0 Å². The number of aromatic nitrogens is 2. The summed E-state index contributed by atoms with van der Waals surface area (Å²) in [4.78, 5) is 25.9. The molecule has 2 saturated heterocycles. The van der Waals surface area contributed by atoms with Crippen molar-refractivity contribution in [1.29, 1.82) is 0 Å². The quantitative estimate of drug-likeness (QED) is 0.425. The molecule has 194 valence electrons. The van der Waals surface area contributed by atoms with E-state index in [4.69, 9.17) is 4.74 Å². The molecule has 3 saturated carbocycles. The van der Waals surface area contributed by atoms with Crippen molar-refractivity contribution in [3.8, 4) is 11.5 Å². The topological polar surface area (TPSA) is 108 Å². The van der Waals surface area contributed by atoms with Gasteiger partial charge < -0.3 is 25.4 Å². The molecule has 2 aliphatic heterocycles. The number of rotatable bonds is 7. The number of amides is 2. The third-order valence-corrected chi connectivity index (χ3v) is 7.99. The highest BCUT2D eigenvalue weighted by atomic mass is 16.5. The van der Waals surface area contributed by atoms with Gasteiger partial charge in [0, 0.05) is 30.0 Å². The Bertz CT molecular complexity index is 1350. The molecule has 8 rings (SSSR count). The molecule has 9 heteroatoms. The molecule has 3 N–H and O–H groups in total. The van der Waals surface area contributed by atoms with Crippen LogP contribution in [0.3, 0.4) is 0 Å². The number of nitrogens with one attached hydrogen (secondary N) is 2. The first-order valence-corrected chi connectivity index (χ1v) is 13.1. The number of nitrogens with zero attached hydrogens (tertiary/aromatic N) is 3. The number of aliphatic hydroxyl groups is 1. The van der Waals surface area contributed by atoms with E-state index in [-0.39, 0.29) is 11.9 Å². The van der Waals surface area contributed by atoms with Gasteiger partial charge in [-0.1, -0.05) is 0 Å². The monoisotopic (exact) mass is 503 g/mol. The second kappa shape index (κ2) is 9.15. The Kier molecular flexibility index (Phi) is 5.92. The molecule has 9 nitrogen and oxygen atoms in total. The zero-order valence-corrected chi connectivity index (χ0v) is 21.2. The van der Waals surface area contributed by atoms with Crippen LogP contribution in [0.5, 0.6) is 11.5 Å². The second-order valence-electron chi connectivity index (χ2n) is 10.8. The molecule has 0 unspecified atom stereocenters. The smallest absolute Gasteiger partial charge is 0.256 e. The Labute approximate surface area is 215 Å². The molecule has 37 heavy (non-hydrogen) atoms. The fourth-order valence-electron chi connectivity index (χ4n) is 5.56. The Morgan fingerprint density at radius 3 is 2.59 bits per heavy atom. The Morgan fingerprint density at radius 1 is 1.22 bits per heavy atom. The van der Waals surface area contributed by atoms with Gasteiger partial charge >= 0.3 is 0 Å². The standard InChI is InChI=1S/C24H24N4O4.C4H9N/c1-14-19(23(30)27-12-24(31)9-16(27)10-24)11-28-22(14)21(6-7-26-28)32-17-4-5-20(25-13-29)18(8-17)15-2-3-15;1-5-4-2-3-4/h4-8,11,13,15-16,31H,2-3,9-10,12H2,1H3,(H,25,29);4-5H,2-3H2,1H3. The molecule has 3 aliphatic carbocycles. The molecule has 3 aromatic rings. The third kappa shape index (κ3) is 4.57. The van der Waals surface area contributed by atoms with Gasteiger partial charge in [0.1, 0.15) is 11.3 Å². The van der Waals surface area contributed by atoms with Crippen LogP contribution < -0.4 is 15.4 Å². The van der Waals surface area contributed by atoms with E-state index < -0.39 is 5.60 Å². The van der Waals surface area contributed by atoms with Gasteiger partial charge in [-0.05, 0) is 87.7 Å². The van der Waals surface area contributed by atoms with Crippen molar-refractivity contribution in [1.82, 2.24) is 19.8 Å². The van der Waals surface area contributed by atoms with Crippen LogP contribution in [0.15, 0.2) is 36.7 Å². The van der Waals surface area contributed by atoms with Crippen LogP contribution in [0.2, 0.25) is 0 Å². The molecule has 2 bridgehead atoms. The number of ether oxygens (including phenoxy) is 1. The van der Waals surface area contributed by atoms with Gasteiger partial charge in [-0.25, -0.2) is 4.52 Å². The van der Waals surface area contributed by atoms with Gasteiger partial charge in [-0.15, -0.1) is 0 Å². The summed E-state index contributed by atoms with van der Waals surface area (Å²) in [6.45, 7) is 2.29. The van der Waals surface area contributed by atoms with E-state index in [2.05, 4.69) is 15.7 Å². The molecule has 2 amide bonds. The summed E-state index contributed by atoms with van der Waals surface area (Å²) in [6.07, 6.45) is 10.4. The normalized spacial score (nSPS) is 23.8. The fourth-order valence-corrected chi connectivity index (χ4v) is 5.56. The van der Waals surface area contributed by atoms with Crippen molar-refractivity contribution in [2.24, 2.45) is 0 Å². The number of hydrogen-bond acceptors (Lipinski definition) is 6. The van der Waals surface area contributed by atoms with Crippen molar-refractivity contribution < 1.29 is 19.4 Å². The lowest BCUT2D eigenvalue weighted by Crippen LogP contribution is -2.40. The van der Waals surface area contributed by atoms with Crippen LogP contribution in [0, 0.1) is 6.92 Å². The highest BCUT2D eigenvalue weighted by Crippen LogP contribution is 2.46. The summed E-state index contributed by atoms with van der Waals surface area (Å²) < 4.78 is 7.92. The minimum Gasteiger partial charge on any atom is -0.455 e. The van der Waals surface area contributed by atoms with E-state index in [1.165, 1.54) is 12.8 Å². The van der Waals surface area contributed by atoms with Gasteiger partial charge in [0.25, 0.3) is 5.91 Å². The van der Waals surface area contributed by atoms with Gasteiger partial charge in [0.2, 0.25) is 6.41 Å². The second-order valence-corrected chi connectivity index (χ2v) is 10.8. The Morgan fingerprint density at radius 2 is 2.00 bits per heavy atom. The minimum atomic E-state index is -0.704. The lowest BCUT2D eigenvalue weighted by molar-refractivity contribution is -0.105. The maximum atomic E-state index is 13.2. The maximum Gasteiger partial charge on any atom is 0.256 e. The van der Waals surface area contributed by atoms with Crippen LogP contribution in [0.4, 0.5) is 5.69 Å². The molecule has 5 fully saturated rings. The SMILES string of the molecule is CNC1CC1.Cc1c(C(=O)N2CC3(O)CC2C3)cn2nccc(Oc3ccc(NC=O)c(C4CC4)c3)c12. The van der Waals surface area contributed by atoms with Gasteiger partial charge in [-0.3, -0.25) is 9.59 Å². The van der Waals surface area contributed by atoms with Gasteiger partial charge in [0.05, 0.1) is 23.9 Å². The van der Waals surface area contributed by atoms with E-state index in [1.807, 2.05) is 32.2 Å². The van der Waals surface area contributed by atoms with E-state index >= 15 is 0 Å².